The first-order chi connectivity index (χ1) is 6.22. The van der Waals surface area contributed by atoms with E-state index in [0.29, 0.717) is 0 Å². The predicted molar refractivity (Wildman–Crippen MR) is 49.5 cm³/mol. The van der Waals surface area contributed by atoms with Crippen molar-refractivity contribution < 1.29 is 9.13 Å². The summed E-state index contributed by atoms with van der Waals surface area (Å²) >= 11 is 0. The van der Waals surface area contributed by atoms with Crippen LogP contribution in [0.3, 0.4) is 0 Å². The Morgan fingerprint density at radius 3 is 2.85 bits per heavy atom. The van der Waals surface area contributed by atoms with Gasteiger partial charge < -0.3 is 9.72 Å². The third-order valence-electron chi connectivity index (χ3n) is 2.16. The molecule has 0 aliphatic rings. The minimum absolute atomic E-state index is 0.273. The van der Waals surface area contributed by atoms with Crippen LogP contribution in [0.25, 0.3) is 10.9 Å². The summed E-state index contributed by atoms with van der Waals surface area (Å²) in [6, 6.07) is 3.15. The molecule has 68 valence electrons. The maximum absolute atomic E-state index is 13.2. The lowest BCUT2D eigenvalue weighted by molar-refractivity contribution is 0.387. The first kappa shape index (κ1) is 8.10. The molecular weight excluding hydrogens is 169 g/mol. The topological polar surface area (TPSA) is 25.0 Å². The lowest BCUT2D eigenvalue weighted by atomic mass is 10.2. The molecule has 2 aromatic rings. The largest absolute Gasteiger partial charge is 0.494 e. The Bertz CT molecular complexity index is 447. The number of rotatable bonds is 1. The number of aromatic amines is 1. The van der Waals surface area contributed by atoms with Crippen LogP contribution in [0.5, 0.6) is 5.75 Å². The van der Waals surface area contributed by atoms with Gasteiger partial charge in [-0.15, -0.1) is 0 Å². The zero-order valence-electron chi connectivity index (χ0n) is 7.52. The van der Waals surface area contributed by atoms with Crippen LogP contribution in [0.4, 0.5) is 4.39 Å². The molecule has 1 aromatic carbocycles. The number of nitrogens with one attached hydrogen (secondary N) is 1. The number of hydrogen-bond donors (Lipinski definition) is 1. The van der Waals surface area contributed by atoms with E-state index in [1.54, 1.807) is 6.07 Å². The van der Waals surface area contributed by atoms with Gasteiger partial charge in [0.25, 0.3) is 0 Å². The summed E-state index contributed by atoms with van der Waals surface area (Å²) in [7, 11) is 1.46. The van der Waals surface area contributed by atoms with Crippen LogP contribution in [0.15, 0.2) is 18.3 Å². The minimum Gasteiger partial charge on any atom is -0.494 e. The Kier molecular flexibility index (Phi) is 1.72. The second kappa shape index (κ2) is 2.76. The van der Waals surface area contributed by atoms with Crippen LogP contribution in [-0.2, 0) is 0 Å². The van der Waals surface area contributed by atoms with Gasteiger partial charge in [0.2, 0.25) is 0 Å². The summed E-state index contributed by atoms with van der Waals surface area (Å²) in [6.45, 7) is 1.94. The number of aromatic nitrogens is 1. The number of benzene rings is 1. The summed E-state index contributed by atoms with van der Waals surface area (Å²) in [5.41, 5.74) is 1.94. The summed E-state index contributed by atoms with van der Waals surface area (Å²) in [6.07, 6.45) is 1.85. The van der Waals surface area contributed by atoms with E-state index >= 15 is 0 Å². The smallest absolute Gasteiger partial charge is 0.165 e. The van der Waals surface area contributed by atoms with Gasteiger partial charge in [0.1, 0.15) is 0 Å². The van der Waals surface area contributed by atoms with Crippen LogP contribution in [0, 0.1) is 12.7 Å². The van der Waals surface area contributed by atoms with Gasteiger partial charge in [0, 0.05) is 23.2 Å². The van der Waals surface area contributed by atoms with Crippen molar-refractivity contribution in [1.82, 2.24) is 4.98 Å². The van der Waals surface area contributed by atoms with E-state index in [-0.39, 0.29) is 11.6 Å². The van der Waals surface area contributed by atoms with Gasteiger partial charge in [-0.2, -0.15) is 0 Å². The number of methoxy groups -OCH3 is 1. The average Bonchev–Trinajstić information content (AvgIpc) is 2.47. The monoisotopic (exact) mass is 179 g/mol. The van der Waals surface area contributed by atoms with Crippen LogP contribution >= 0.6 is 0 Å². The fraction of sp³-hybridized carbons (Fsp3) is 0.200. The molecule has 0 aliphatic carbocycles. The lowest BCUT2D eigenvalue weighted by Crippen LogP contribution is -1.87. The van der Waals surface area contributed by atoms with E-state index in [1.165, 1.54) is 13.2 Å². The Hall–Kier alpha value is -1.51. The highest BCUT2D eigenvalue weighted by Gasteiger charge is 2.06. The SMILES string of the molecule is COc1cc2[nH]cc(C)c2cc1F. The maximum Gasteiger partial charge on any atom is 0.165 e. The molecule has 3 heteroatoms. The van der Waals surface area contributed by atoms with Gasteiger partial charge in [-0.3, -0.25) is 0 Å². The van der Waals surface area contributed by atoms with Crippen molar-refractivity contribution in [3.05, 3.63) is 29.7 Å². The van der Waals surface area contributed by atoms with Crippen molar-refractivity contribution in [2.24, 2.45) is 0 Å². The van der Waals surface area contributed by atoms with Gasteiger partial charge in [-0.05, 0) is 18.6 Å². The standard InChI is InChI=1S/C10H10FNO/c1-6-5-12-9-4-10(13-2)8(11)3-7(6)9/h3-5,12H,1-2H3. The molecule has 2 rings (SSSR count). The Morgan fingerprint density at radius 2 is 2.15 bits per heavy atom. The molecule has 0 amide bonds. The van der Waals surface area contributed by atoms with E-state index in [2.05, 4.69) is 4.98 Å². The van der Waals surface area contributed by atoms with Crippen molar-refractivity contribution >= 4 is 10.9 Å². The average molecular weight is 179 g/mol. The zero-order chi connectivity index (χ0) is 9.42. The van der Waals surface area contributed by atoms with E-state index < -0.39 is 0 Å². The first-order valence-corrected chi connectivity index (χ1v) is 4.03. The first-order valence-electron chi connectivity index (χ1n) is 4.03. The fourth-order valence-electron chi connectivity index (χ4n) is 1.42. The molecule has 1 heterocycles. The third kappa shape index (κ3) is 1.16. The zero-order valence-corrected chi connectivity index (χ0v) is 7.52. The van der Waals surface area contributed by atoms with Crippen molar-refractivity contribution in [3.8, 4) is 5.75 Å². The predicted octanol–water partition coefficient (Wildman–Crippen LogP) is 2.62. The molecular formula is C10H10FNO. The molecule has 1 aromatic heterocycles. The lowest BCUT2D eigenvalue weighted by Gasteiger charge is -2.01. The molecule has 1 N–H and O–H groups in total. The normalized spacial score (nSPS) is 10.7. The summed E-state index contributed by atoms with van der Waals surface area (Å²) < 4.78 is 18.1. The third-order valence-corrected chi connectivity index (χ3v) is 2.16. The molecule has 0 spiro atoms. The number of ether oxygens (including phenoxy) is 1. The van der Waals surface area contributed by atoms with Gasteiger partial charge in [-0.25, -0.2) is 4.39 Å². The van der Waals surface area contributed by atoms with E-state index in [0.717, 1.165) is 16.5 Å². The van der Waals surface area contributed by atoms with Gasteiger partial charge >= 0.3 is 0 Å². The molecule has 0 radical (unpaired) electrons. The Balaban J connectivity index is 2.76. The number of H-pyrrole nitrogens is 1. The van der Waals surface area contributed by atoms with Crippen molar-refractivity contribution in [2.45, 2.75) is 6.92 Å². The van der Waals surface area contributed by atoms with Crippen molar-refractivity contribution in [2.75, 3.05) is 7.11 Å². The number of aryl methyl sites for hydroxylation is 1. The molecule has 0 bridgehead atoms. The van der Waals surface area contributed by atoms with Crippen LogP contribution in [-0.4, -0.2) is 12.1 Å². The second-order valence-corrected chi connectivity index (χ2v) is 3.00. The van der Waals surface area contributed by atoms with Gasteiger partial charge in [0.15, 0.2) is 11.6 Å². The molecule has 2 nitrogen and oxygen atoms in total. The molecule has 0 fully saturated rings. The molecule has 0 atom stereocenters. The number of hydrogen-bond acceptors (Lipinski definition) is 1. The Morgan fingerprint density at radius 1 is 1.38 bits per heavy atom. The quantitative estimate of drug-likeness (QED) is 0.715. The van der Waals surface area contributed by atoms with E-state index in [9.17, 15) is 4.39 Å². The van der Waals surface area contributed by atoms with E-state index in [4.69, 9.17) is 4.74 Å². The van der Waals surface area contributed by atoms with Crippen molar-refractivity contribution in [3.63, 3.8) is 0 Å². The Labute approximate surface area is 75.3 Å². The molecule has 0 unspecified atom stereocenters. The van der Waals surface area contributed by atoms with E-state index in [1.807, 2.05) is 13.1 Å². The van der Waals surface area contributed by atoms with Gasteiger partial charge in [0.05, 0.1) is 7.11 Å². The summed E-state index contributed by atoms with van der Waals surface area (Å²) in [5.74, 6) is -0.0490. The molecule has 0 saturated carbocycles. The van der Waals surface area contributed by atoms with Crippen LogP contribution in [0.2, 0.25) is 0 Å². The minimum atomic E-state index is -0.322. The van der Waals surface area contributed by atoms with Crippen molar-refractivity contribution in [1.29, 1.82) is 0 Å². The number of fused-ring (bicyclic) bond motifs is 1. The highest BCUT2D eigenvalue weighted by Crippen LogP contribution is 2.25. The molecule has 0 saturated heterocycles. The maximum atomic E-state index is 13.2. The second-order valence-electron chi connectivity index (χ2n) is 3.00. The summed E-state index contributed by atoms with van der Waals surface area (Å²) in [4.78, 5) is 3.04. The van der Waals surface area contributed by atoms with Crippen LogP contribution < -0.4 is 4.74 Å². The molecule has 13 heavy (non-hydrogen) atoms. The highest BCUT2D eigenvalue weighted by molar-refractivity contribution is 5.84. The highest BCUT2D eigenvalue weighted by atomic mass is 19.1. The van der Waals surface area contributed by atoms with Crippen LogP contribution in [0.1, 0.15) is 5.56 Å². The number of halogens is 1. The molecule has 0 aliphatic heterocycles. The fourth-order valence-corrected chi connectivity index (χ4v) is 1.42. The van der Waals surface area contributed by atoms with Gasteiger partial charge in [-0.1, -0.05) is 0 Å². The summed E-state index contributed by atoms with van der Waals surface area (Å²) in [5, 5.41) is 0.901.